The molecule has 0 spiro atoms. The maximum Gasteiger partial charge on any atom is 0.281 e. The summed E-state index contributed by atoms with van der Waals surface area (Å²) in [6.45, 7) is 1.72. The Bertz CT molecular complexity index is 755. The Labute approximate surface area is 129 Å². The summed E-state index contributed by atoms with van der Waals surface area (Å²) in [5, 5.41) is 7.47. The van der Waals surface area contributed by atoms with Crippen molar-refractivity contribution < 1.29 is 8.42 Å². The minimum Gasteiger partial charge on any atom is -0.398 e. The van der Waals surface area contributed by atoms with Gasteiger partial charge in [-0.2, -0.15) is 8.42 Å². The minimum atomic E-state index is -3.84. The molecule has 0 amide bonds. The van der Waals surface area contributed by atoms with Crippen LogP contribution in [0.5, 0.6) is 0 Å². The van der Waals surface area contributed by atoms with Crippen molar-refractivity contribution in [1.29, 1.82) is 0 Å². The Morgan fingerprint density at radius 1 is 1.45 bits per heavy atom. The molecule has 0 saturated carbocycles. The topological polar surface area (TPSA) is 103 Å². The number of aryl methyl sites for hydroxylation is 2. The fourth-order valence-electron chi connectivity index (χ4n) is 1.61. The highest BCUT2D eigenvalue weighted by Crippen LogP contribution is 2.29. The van der Waals surface area contributed by atoms with E-state index in [2.05, 4.69) is 31.0 Å². The molecule has 0 atom stereocenters. The molecule has 0 radical (unpaired) electrons. The average molecular weight is 381 g/mol. The van der Waals surface area contributed by atoms with Crippen molar-refractivity contribution in [2.45, 2.75) is 11.9 Å². The van der Waals surface area contributed by atoms with E-state index in [4.69, 9.17) is 17.3 Å². The second kappa shape index (κ2) is 5.23. The summed E-state index contributed by atoms with van der Waals surface area (Å²) in [4.78, 5) is 0. The molecule has 0 aliphatic carbocycles. The zero-order valence-corrected chi connectivity index (χ0v) is 13.7. The largest absolute Gasteiger partial charge is 0.398 e. The third kappa shape index (κ3) is 2.74. The Morgan fingerprint density at radius 3 is 2.65 bits per heavy atom. The molecule has 2 rings (SSSR count). The van der Waals surface area contributed by atoms with Crippen LogP contribution in [0.2, 0.25) is 5.02 Å². The van der Waals surface area contributed by atoms with Gasteiger partial charge < -0.3 is 5.73 Å². The van der Waals surface area contributed by atoms with E-state index in [1.165, 1.54) is 13.1 Å². The van der Waals surface area contributed by atoms with E-state index in [1.807, 2.05) is 0 Å². The van der Waals surface area contributed by atoms with Gasteiger partial charge in [0, 0.05) is 7.05 Å². The van der Waals surface area contributed by atoms with Gasteiger partial charge in [0.2, 0.25) is 5.03 Å². The molecule has 0 unspecified atom stereocenters. The number of sulfonamides is 1. The molecule has 20 heavy (non-hydrogen) atoms. The van der Waals surface area contributed by atoms with Crippen LogP contribution in [-0.4, -0.2) is 23.4 Å². The fraction of sp³-hybridized carbons (Fsp3) is 0.200. The first-order valence-corrected chi connectivity index (χ1v) is 8.01. The number of nitrogens with one attached hydrogen (secondary N) is 1. The van der Waals surface area contributed by atoms with Crippen LogP contribution in [0, 0.1) is 6.92 Å². The number of halogens is 2. The minimum absolute atomic E-state index is 0.0788. The highest BCUT2D eigenvalue weighted by molar-refractivity contribution is 9.10. The molecular formula is C10H11BrClN5O2S. The number of aromatic nitrogens is 3. The van der Waals surface area contributed by atoms with Gasteiger partial charge in [0.05, 0.1) is 16.4 Å². The van der Waals surface area contributed by atoms with Crippen molar-refractivity contribution in [2.75, 3.05) is 10.5 Å². The highest BCUT2D eigenvalue weighted by atomic mass is 79.9. The lowest BCUT2D eigenvalue weighted by Crippen LogP contribution is -2.18. The van der Waals surface area contributed by atoms with Gasteiger partial charge in [-0.3, -0.25) is 4.72 Å². The van der Waals surface area contributed by atoms with Crippen molar-refractivity contribution in [2.24, 2.45) is 7.05 Å². The van der Waals surface area contributed by atoms with Crippen LogP contribution in [0.25, 0.3) is 0 Å². The molecule has 1 aromatic heterocycles. The predicted octanol–water partition coefficient (Wildman–Crippen LogP) is 1.92. The van der Waals surface area contributed by atoms with Gasteiger partial charge in [-0.25, -0.2) is 4.68 Å². The zero-order valence-electron chi connectivity index (χ0n) is 10.6. The number of nitrogen functional groups attached to an aromatic ring is 1. The number of anilines is 2. The van der Waals surface area contributed by atoms with Crippen LogP contribution in [0.1, 0.15) is 5.56 Å². The summed E-state index contributed by atoms with van der Waals surface area (Å²) < 4.78 is 28.4. The zero-order chi connectivity index (χ0) is 15.1. The standard InChI is InChI=1S/C10H11BrClN5O2S/c1-5-3-7(13)6(12)4-8(5)15-20(18,19)10-9(11)14-16-17(10)2/h3-4,15H,13H2,1-2H3. The predicted molar refractivity (Wildman–Crippen MR) is 80.1 cm³/mol. The summed E-state index contributed by atoms with van der Waals surface area (Å²) in [6, 6.07) is 3.05. The molecule has 0 saturated heterocycles. The number of hydrogen-bond donors (Lipinski definition) is 2. The number of nitrogens with two attached hydrogens (primary N) is 1. The van der Waals surface area contributed by atoms with E-state index in [1.54, 1.807) is 13.0 Å². The summed E-state index contributed by atoms with van der Waals surface area (Å²) >= 11 is 8.95. The fourth-order valence-corrected chi connectivity index (χ4v) is 4.00. The lowest BCUT2D eigenvalue weighted by molar-refractivity contribution is 0.578. The van der Waals surface area contributed by atoms with Crippen molar-refractivity contribution in [1.82, 2.24) is 15.0 Å². The van der Waals surface area contributed by atoms with E-state index >= 15 is 0 Å². The average Bonchev–Trinajstić information content (AvgIpc) is 2.66. The van der Waals surface area contributed by atoms with E-state index in [0.717, 1.165) is 4.68 Å². The number of hydrogen-bond acceptors (Lipinski definition) is 5. The quantitative estimate of drug-likeness (QED) is 0.792. The van der Waals surface area contributed by atoms with Crippen LogP contribution < -0.4 is 10.5 Å². The summed E-state index contributed by atoms with van der Waals surface area (Å²) in [7, 11) is -2.36. The van der Waals surface area contributed by atoms with Gasteiger partial charge in [-0.15, -0.1) is 5.10 Å². The molecule has 108 valence electrons. The van der Waals surface area contributed by atoms with Crippen molar-refractivity contribution in [3.63, 3.8) is 0 Å². The summed E-state index contributed by atoms with van der Waals surface area (Å²) in [5.41, 5.74) is 7.04. The van der Waals surface area contributed by atoms with E-state index < -0.39 is 10.0 Å². The molecule has 1 aromatic carbocycles. The van der Waals surface area contributed by atoms with Crippen molar-refractivity contribution in [3.05, 3.63) is 27.3 Å². The first kappa shape index (κ1) is 15.1. The summed E-state index contributed by atoms with van der Waals surface area (Å²) in [6.07, 6.45) is 0. The van der Waals surface area contributed by atoms with Gasteiger partial charge in [0.15, 0.2) is 4.60 Å². The van der Waals surface area contributed by atoms with E-state index in [0.29, 0.717) is 16.9 Å². The van der Waals surface area contributed by atoms with Crippen LogP contribution in [0.3, 0.4) is 0 Å². The Hall–Kier alpha value is -1.32. The van der Waals surface area contributed by atoms with Gasteiger partial charge >= 0.3 is 0 Å². The lowest BCUT2D eigenvalue weighted by atomic mass is 10.2. The molecule has 7 nitrogen and oxygen atoms in total. The third-order valence-electron chi connectivity index (χ3n) is 2.58. The van der Waals surface area contributed by atoms with Crippen LogP contribution in [-0.2, 0) is 17.1 Å². The van der Waals surface area contributed by atoms with Gasteiger partial charge in [0.25, 0.3) is 10.0 Å². The van der Waals surface area contributed by atoms with E-state index in [-0.39, 0.29) is 14.7 Å². The highest BCUT2D eigenvalue weighted by Gasteiger charge is 2.24. The molecule has 10 heteroatoms. The normalized spacial score (nSPS) is 11.6. The molecule has 2 aromatic rings. The molecule has 0 bridgehead atoms. The van der Waals surface area contributed by atoms with Gasteiger partial charge in [-0.05, 0) is 40.5 Å². The van der Waals surface area contributed by atoms with Crippen molar-refractivity contribution in [3.8, 4) is 0 Å². The Kier molecular flexibility index (Phi) is 3.94. The Balaban J connectivity index is 2.47. The first-order chi connectivity index (χ1) is 9.22. The maximum absolute atomic E-state index is 12.3. The number of benzene rings is 1. The number of rotatable bonds is 3. The van der Waals surface area contributed by atoms with Gasteiger partial charge in [-0.1, -0.05) is 16.8 Å². The molecule has 0 aliphatic rings. The Morgan fingerprint density at radius 2 is 2.10 bits per heavy atom. The number of nitrogens with zero attached hydrogens (tertiary/aromatic N) is 3. The first-order valence-electron chi connectivity index (χ1n) is 5.36. The van der Waals surface area contributed by atoms with Crippen LogP contribution >= 0.6 is 27.5 Å². The van der Waals surface area contributed by atoms with Crippen LogP contribution in [0.4, 0.5) is 11.4 Å². The van der Waals surface area contributed by atoms with E-state index in [9.17, 15) is 8.42 Å². The SMILES string of the molecule is Cc1cc(N)c(Cl)cc1NS(=O)(=O)c1c(Br)nnn1C. The lowest BCUT2D eigenvalue weighted by Gasteiger charge is -2.12. The monoisotopic (exact) mass is 379 g/mol. The smallest absolute Gasteiger partial charge is 0.281 e. The molecule has 1 heterocycles. The molecule has 0 fully saturated rings. The molecule has 0 aliphatic heterocycles. The van der Waals surface area contributed by atoms with Crippen molar-refractivity contribution >= 4 is 48.9 Å². The second-order valence-electron chi connectivity index (χ2n) is 4.10. The molecule has 3 N–H and O–H groups in total. The third-order valence-corrected chi connectivity index (χ3v) is 5.16. The maximum atomic E-state index is 12.3. The second-order valence-corrected chi connectivity index (χ2v) is 6.86. The molecular weight excluding hydrogens is 370 g/mol. The summed E-state index contributed by atoms with van der Waals surface area (Å²) in [5.74, 6) is 0. The van der Waals surface area contributed by atoms with Crippen LogP contribution in [0.15, 0.2) is 21.8 Å². The van der Waals surface area contributed by atoms with Gasteiger partial charge in [0.1, 0.15) is 0 Å².